The molecule has 1 unspecified atom stereocenters. The molecule has 0 fully saturated rings. The van der Waals surface area contributed by atoms with E-state index in [9.17, 15) is 4.39 Å². The summed E-state index contributed by atoms with van der Waals surface area (Å²) >= 11 is 5.01. The van der Waals surface area contributed by atoms with Gasteiger partial charge < -0.3 is 5.73 Å². The van der Waals surface area contributed by atoms with Gasteiger partial charge in [-0.15, -0.1) is 11.3 Å². The number of hydrogen-bond acceptors (Lipinski definition) is 3. The molecular formula is C15H12BrFN2S. The topological polar surface area (TPSA) is 38.9 Å². The van der Waals surface area contributed by atoms with Crippen molar-refractivity contribution < 1.29 is 4.39 Å². The molecule has 2 nitrogen and oxygen atoms in total. The Labute approximate surface area is 128 Å². The molecule has 0 spiro atoms. The minimum Gasteiger partial charge on any atom is -0.324 e. The van der Waals surface area contributed by atoms with Crippen molar-refractivity contribution in [3.8, 4) is 0 Å². The normalized spacial score (nSPS) is 12.8. The Kier molecular flexibility index (Phi) is 3.83. The number of thiazole rings is 1. The van der Waals surface area contributed by atoms with Crippen LogP contribution in [0.3, 0.4) is 0 Å². The third-order valence-corrected chi connectivity index (χ3v) is 4.84. The van der Waals surface area contributed by atoms with Crippen molar-refractivity contribution in [3.63, 3.8) is 0 Å². The highest BCUT2D eigenvalue weighted by atomic mass is 79.9. The van der Waals surface area contributed by atoms with Gasteiger partial charge in [-0.3, -0.25) is 0 Å². The van der Waals surface area contributed by atoms with Gasteiger partial charge in [-0.2, -0.15) is 0 Å². The summed E-state index contributed by atoms with van der Waals surface area (Å²) in [5.74, 6) is -0.271. The van der Waals surface area contributed by atoms with Crippen LogP contribution in [0.1, 0.15) is 16.6 Å². The quantitative estimate of drug-likeness (QED) is 0.758. The molecule has 3 aromatic rings. The molecule has 0 bridgehead atoms. The van der Waals surface area contributed by atoms with Crippen molar-refractivity contribution in [2.75, 3.05) is 0 Å². The van der Waals surface area contributed by atoms with Crippen LogP contribution in [-0.4, -0.2) is 4.98 Å². The van der Waals surface area contributed by atoms with Gasteiger partial charge in [0.05, 0.1) is 15.2 Å². The Morgan fingerprint density at radius 1 is 1.25 bits per heavy atom. The molecule has 2 aromatic carbocycles. The summed E-state index contributed by atoms with van der Waals surface area (Å²) in [4.78, 5) is 4.57. The molecule has 5 heteroatoms. The number of rotatable bonds is 3. The first-order valence-corrected chi connectivity index (χ1v) is 7.79. The molecule has 1 atom stereocenters. The zero-order chi connectivity index (χ0) is 14.1. The molecule has 0 radical (unpaired) electrons. The van der Waals surface area contributed by atoms with Gasteiger partial charge in [0.2, 0.25) is 0 Å². The molecule has 0 aliphatic carbocycles. The Hall–Kier alpha value is -1.30. The Morgan fingerprint density at radius 2 is 2.05 bits per heavy atom. The largest absolute Gasteiger partial charge is 0.324 e. The number of nitrogens with zero attached hydrogens (tertiary/aromatic N) is 1. The first kappa shape index (κ1) is 13.7. The summed E-state index contributed by atoms with van der Waals surface area (Å²) in [5.41, 5.74) is 8.11. The van der Waals surface area contributed by atoms with E-state index in [4.69, 9.17) is 5.73 Å². The van der Waals surface area contributed by atoms with Gasteiger partial charge in [0.15, 0.2) is 0 Å². The lowest BCUT2D eigenvalue weighted by molar-refractivity contribution is 0.623. The van der Waals surface area contributed by atoms with Crippen molar-refractivity contribution in [2.45, 2.75) is 12.5 Å². The second-order valence-corrected chi connectivity index (χ2v) is 6.52. The predicted octanol–water partition coefficient (Wildman–Crippen LogP) is 4.44. The van der Waals surface area contributed by atoms with E-state index in [-0.39, 0.29) is 11.9 Å². The summed E-state index contributed by atoms with van der Waals surface area (Å²) in [6.07, 6.45) is 0.642. The summed E-state index contributed by atoms with van der Waals surface area (Å²) in [5, 5.41) is 0.995. The standard InChI is InChI=1S/C15H12BrFN2S/c16-11-7-9(17)5-6-10(11)12(18)8-15-19-13-3-1-2-4-14(13)20-15/h1-7,12H,8,18H2. The second-order valence-electron chi connectivity index (χ2n) is 4.55. The number of nitrogens with two attached hydrogens (primary N) is 1. The Balaban J connectivity index is 1.86. The molecule has 0 saturated heterocycles. The second kappa shape index (κ2) is 5.60. The zero-order valence-corrected chi connectivity index (χ0v) is 12.9. The van der Waals surface area contributed by atoms with E-state index in [0.29, 0.717) is 10.9 Å². The number of benzene rings is 2. The molecule has 2 N–H and O–H groups in total. The van der Waals surface area contributed by atoms with E-state index in [1.165, 1.54) is 12.1 Å². The maximum atomic E-state index is 13.1. The van der Waals surface area contributed by atoms with E-state index < -0.39 is 0 Å². The van der Waals surface area contributed by atoms with Crippen molar-refractivity contribution in [1.29, 1.82) is 0 Å². The van der Waals surface area contributed by atoms with Crippen LogP contribution in [0, 0.1) is 5.82 Å². The molecular weight excluding hydrogens is 339 g/mol. The molecule has 0 amide bonds. The number of halogens is 2. The summed E-state index contributed by atoms with van der Waals surface area (Å²) in [6, 6.07) is 12.4. The molecule has 20 heavy (non-hydrogen) atoms. The number of aromatic nitrogens is 1. The number of fused-ring (bicyclic) bond motifs is 1. The number of hydrogen-bond donors (Lipinski definition) is 1. The lowest BCUT2D eigenvalue weighted by Gasteiger charge is -2.12. The van der Waals surface area contributed by atoms with Gasteiger partial charge in [0, 0.05) is 16.9 Å². The third kappa shape index (κ3) is 2.75. The average Bonchev–Trinajstić information content (AvgIpc) is 2.80. The van der Waals surface area contributed by atoms with Crippen LogP contribution >= 0.6 is 27.3 Å². The van der Waals surface area contributed by atoms with Gasteiger partial charge in [-0.05, 0) is 29.8 Å². The van der Waals surface area contributed by atoms with Crippen molar-refractivity contribution in [1.82, 2.24) is 4.98 Å². The molecule has 0 aliphatic heterocycles. The van der Waals surface area contributed by atoms with E-state index in [0.717, 1.165) is 20.8 Å². The fraction of sp³-hybridized carbons (Fsp3) is 0.133. The van der Waals surface area contributed by atoms with Crippen LogP contribution in [-0.2, 0) is 6.42 Å². The monoisotopic (exact) mass is 350 g/mol. The van der Waals surface area contributed by atoms with Gasteiger partial charge in [0.1, 0.15) is 5.82 Å². The average molecular weight is 351 g/mol. The molecule has 0 aliphatic rings. The van der Waals surface area contributed by atoms with Gasteiger partial charge in [-0.25, -0.2) is 9.37 Å². The lowest BCUT2D eigenvalue weighted by atomic mass is 10.1. The first-order valence-electron chi connectivity index (χ1n) is 6.18. The molecule has 102 valence electrons. The first-order chi connectivity index (χ1) is 9.63. The third-order valence-electron chi connectivity index (χ3n) is 3.09. The maximum Gasteiger partial charge on any atom is 0.124 e. The maximum absolute atomic E-state index is 13.1. The van der Waals surface area contributed by atoms with Crippen LogP contribution in [0.25, 0.3) is 10.2 Å². The SMILES string of the molecule is NC(Cc1nc2ccccc2s1)c1ccc(F)cc1Br. The molecule has 1 heterocycles. The Bertz CT molecular complexity index is 723. The highest BCUT2D eigenvalue weighted by Gasteiger charge is 2.14. The van der Waals surface area contributed by atoms with Gasteiger partial charge in [-0.1, -0.05) is 34.1 Å². The molecule has 0 saturated carbocycles. The van der Waals surface area contributed by atoms with Crippen LogP contribution in [0.2, 0.25) is 0 Å². The van der Waals surface area contributed by atoms with Crippen molar-refractivity contribution in [3.05, 3.63) is 63.3 Å². The van der Waals surface area contributed by atoms with E-state index >= 15 is 0 Å². The van der Waals surface area contributed by atoms with Crippen LogP contribution in [0.4, 0.5) is 4.39 Å². The minimum absolute atomic E-state index is 0.203. The van der Waals surface area contributed by atoms with Crippen LogP contribution in [0.15, 0.2) is 46.9 Å². The predicted molar refractivity (Wildman–Crippen MR) is 84.4 cm³/mol. The van der Waals surface area contributed by atoms with Gasteiger partial charge in [0.25, 0.3) is 0 Å². The lowest BCUT2D eigenvalue weighted by Crippen LogP contribution is -2.14. The fourth-order valence-electron chi connectivity index (χ4n) is 2.11. The van der Waals surface area contributed by atoms with E-state index in [1.807, 2.05) is 18.2 Å². The highest BCUT2D eigenvalue weighted by molar-refractivity contribution is 9.10. The Morgan fingerprint density at radius 3 is 2.80 bits per heavy atom. The zero-order valence-electron chi connectivity index (χ0n) is 10.5. The van der Waals surface area contributed by atoms with E-state index in [1.54, 1.807) is 17.4 Å². The highest BCUT2D eigenvalue weighted by Crippen LogP contribution is 2.28. The number of para-hydroxylation sites is 1. The summed E-state index contributed by atoms with van der Waals surface area (Å²) < 4.78 is 15.0. The summed E-state index contributed by atoms with van der Waals surface area (Å²) in [6.45, 7) is 0. The van der Waals surface area contributed by atoms with Crippen LogP contribution in [0.5, 0.6) is 0 Å². The summed E-state index contributed by atoms with van der Waals surface area (Å²) in [7, 11) is 0. The van der Waals surface area contributed by atoms with E-state index in [2.05, 4.69) is 27.0 Å². The van der Waals surface area contributed by atoms with Gasteiger partial charge >= 0.3 is 0 Å². The van der Waals surface area contributed by atoms with Crippen molar-refractivity contribution >= 4 is 37.5 Å². The fourth-order valence-corrected chi connectivity index (χ4v) is 3.78. The smallest absolute Gasteiger partial charge is 0.124 e. The molecule has 1 aromatic heterocycles. The molecule has 3 rings (SSSR count). The minimum atomic E-state index is -0.271. The van der Waals surface area contributed by atoms with Crippen LogP contribution < -0.4 is 5.73 Å². The van der Waals surface area contributed by atoms with Crippen molar-refractivity contribution in [2.24, 2.45) is 5.73 Å².